The first-order valence-electron chi connectivity index (χ1n) is 17.0. The fraction of sp³-hybridized carbons (Fsp3) is 0.0444. The average Bonchev–Trinajstić information content (AvgIpc) is 3.71. The van der Waals surface area contributed by atoms with Crippen molar-refractivity contribution < 1.29 is 0 Å². The molecule has 0 N–H and O–H groups in total. The van der Waals surface area contributed by atoms with Crippen LogP contribution in [0.3, 0.4) is 0 Å². The van der Waals surface area contributed by atoms with E-state index in [1.165, 1.54) is 28.1 Å². The van der Waals surface area contributed by atoms with E-state index < -0.39 is 0 Å². The Balaban J connectivity index is 1.13. The maximum atomic E-state index is 5.09. The van der Waals surface area contributed by atoms with Gasteiger partial charge >= 0.3 is 0 Å². The van der Waals surface area contributed by atoms with Crippen LogP contribution in [0.15, 0.2) is 176 Å². The predicted molar refractivity (Wildman–Crippen MR) is 204 cm³/mol. The summed E-state index contributed by atoms with van der Waals surface area (Å²) in [5, 5.41) is 2.31. The number of benzene rings is 6. The monoisotopic (exact) mass is 641 g/mol. The summed E-state index contributed by atoms with van der Waals surface area (Å²) in [5.41, 5.74) is 10.2. The van der Waals surface area contributed by atoms with Crippen LogP contribution in [-0.4, -0.2) is 25.6 Å². The molecule has 5 nitrogen and oxygen atoms in total. The van der Waals surface area contributed by atoms with E-state index in [1.807, 2.05) is 60.7 Å². The maximum Gasteiger partial charge on any atom is 0.238 e. The number of allylic oxidation sites excluding steroid dienone is 2. The van der Waals surface area contributed by atoms with E-state index in [0.717, 1.165) is 32.9 Å². The summed E-state index contributed by atoms with van der Waals surface area (Å²) in [6.07, 6.45) is 9.02. The Morgan fingerprint density at radius 2 is 1.06 bits per heavy atom. The molecule has 0 fully saturated rings. The predicted octanol–water partition coefficient (Wildman–Crippen LogP) is 10.7. The van der Waals surface area contributed by atoms with Crippen LogP contribution < -0.4 is 4.90 Å². The highest BCUT2D eigenvalue weighted by molar-refractivity contribution is 6.10. The summed E-state index contributed by atoms with van der Waals surface area (Å²) in [6, 6.07) is 53.5. The molecule has 0 saturated carbocycles. The molecule has 8 aromatic rings. The fourth-order valence-electron chi connectivity index (χ4n) is 7.68. The first-order valence-corrected chi connectivity index (χ1v) is 17.0. The number of hydrogen-bond donors (Lipinski definition) is 0. The van der Waals surface area contributed by atoms with Crippen molar-refractivity contribution in [3.05, 3.63) is 182 Å². The third-order valence-corrected chi connectivity index (χ3v) is 9.98. The lowest BCUT2D eigenvalue weighted by Gasteiger charge is -2.28. The summed E-state index contributed by atoms with van der Waals surface area (Å²) in [5.74, 6) is 2.18. The van der Waals surface area contributed by atoms with Crippen molar-refractivity contribution in [2.24, 2.45) is 0 Å². The molecule has 0 amide bonds. The van der Waals surface area contributed by atoms with Crippen molar-refractivity contribution >= 4 is 33.2 Å². The minimum Gasteiger partial charge on any atom is -0.333 e. The van der Waals surface area contributed by atoms with Gasteiger partial charge in [0.05, 0.1) is 17.1 Å². The van der Waals surface area contributed by atoms with Crippen LogP contribution in [0.1, 0.15) is 11.5 Å². The molecule has 1 aliphatic carbocycles. The Labute approximate surface area is 290 Å². The van der Waals surface area contributed by atoms with Crippen LogP contribution in [0.5, 0.6) is 0 Å². The van der Waals surface area contributed by atoms with E-state index in [2.05, 4.69) is 125 Å². The minimum atomic E-state index is 0.259. The number of rotatable bonds is 5. The molecule has 10 rings (SSSR count). The Morgan fingerprint density at radius 1 is 0.460 bits per heavy atom. The summed E-state index contributed by atoms with van der Waals surface area (Å²) in [7, 11) is 0. The highest BCUT2D eigenvalue weighted by atomic mass is 15.2. The Hall–Kier alpha value is -6.59. The van der Waals surface area contributed by atoms with E-state index in [9.17, 15) is 0 Å². The first kappa shape index (κ1) is 28.4. The lowest BCUT2D eigenvalue weighted by molar-refractivity contribution is 0.745. The van der Waals surface area contributed by atoms with Crippen molar-refractivity contribution in [2.75, 3.05) is 4.90 Å². The van der Waals surface area contributed by atoms with Crippen LogP contribution in [0.25, 0.3) is 61.7 Å². The van der Waals surface area contributed by atoms with Crippen molar-refractivity contribution in [1.82, 2.24) is 19.5 Å². The normalized spacial score (nSPS) is 16.2. The third kappa shape index (κ3) is 4.59. The average molecular weight is 642 g/mol. The van der Waals surface area contributed by atoms with Gasteiger partial charge in [0, 0.05) is 39.2 Å². The molecule has 1 aliphatic heterocycles. The summed E-state index contributed by atoms with van der Waals surface area (Å²) >= 11 is 0. The Morgan fingerprint density at radius 3 is 1.80 bits per heavy atom. The van der Waals surface area contributed by atoms with Gasteiger partial charge in [-0.25, -0.2) is 4.98 Å². The van der Waals surface area contributed by atoms with Gasteiger partial charge in [0.25, 0.3) is 0 Å². The van der Waals surface area contributed by atoms with Gasteiger partial charge in [0.2, 0.25) is 5.95 Å². The van der Waals surface area contributed by atoms with Crippen molar-refractivity contribution in [3.8, 4) is 39.9 Å². The van der Waals surface area contributed by atoms with Crippen LogP contribution in [0, 0.1) is 0 Å². The zero-order valence-corrected chi connectivity index (χ0v) is 27.1. The van der Waals surface area contributed by atoms with E-state index in [0.29, 0.717) is 23.5 Å². The lowest BCUT2D eigenvalue weighted by atomic mass is 9.89. The minimum absolute atomic E-state index is 0.259. The van der Waals surface area contributed by atoms with Gasteiger partial charge in [-0.3, -0.25) is 4.57 Å². The summed E-state index contributed by atoms with van der Waals surface area (Å²) in [4.78, 5) is 17.6. The molecule has 3 heterocycles. The number of hydrogen-bond acceptors (Lipinski definition) is 4. The van der Waals surface area contributed by atoms with Crippen LogP contribution in [-0.2, 0) is 0 Å². The van der Waals surface area contributed by atoms with Crippen LogP contribution in [0.4, 0.5) is 11.4 Å². The maximum absolute atomic E-state index is 5.09. The van der Waals surface area contributed by atoms with Gasteiger partial charge in [-0.1, -0.05) is 133 Å². The molecule has 2 aliphatic rings. The summed E-state index contributed by atoms with van der Waals surface area (Å²) in [6.45, 7) is 0. The molecule has 236 valence electrons. The number of fused-ring (bicyclic) bond motifs is 6. The second-order valence-corrected chi connectivity index (χ2v) is 12.9. The number of nitrogens with zero attached hydrogens (tertiary/aromatic N) is 5. The third-order valence-electron chi connectivity index (χ3n) is 9.98. The molecule has 2 unspecified atom stereocenters. The van der Waals surface area contributed by atoms with Crippen molar-refractivity contribution in [3.63, 3.8) is 0 Å². The van der Waals surface area contributed by atoms with Gasteiger partial charge in [-0.05, 0) is 59.2 Å². The van der Waals surface area contributed by atoms with E-state index in [4.69, 9.17) is 15.0 Å². The number of anilines is 2. The molecule has 2 atom stereocenters. The highest BCUT2D eigenvalue weighted by Crippen LogP contribution is 2.49. The first-order chi connectivity index (χ1) is 24.8. The molecule has 50 heavy (non-hydrogen) atoms. The Bertz CT molecular complexity index is 2550. The topological polar surface area (TPSA) is 46.8 Å². The van der Waals surface area contributed by atoms with Crippen molar-refractivity contribution in [2.45, 2.75) is 12.0 Å². The van der Waals surface area contributed by atoms with E-state index in [1.54, 1.807) is 0 Å². The Kier molecular flexibility index (Phi) is 6.56. The molecule has 5 heteroatoms. The largest absolute Gasteiger partial charge is 0.333 e. The fourth-order valence-corrected chi connectivity index (χ4v) is 7.68. The highest BCUT2D eigenvalue weighted by Gasteiger charge is 2.37. The molecule has 0 spiro atoms. The molecule has 0 radical (unpaired) electrons. The van der Waals surface area contributed by atoms with E-state index >= 15 is 0 Å². The SMILES string of the molecule is C1=CC2c3cc(-c4ccc5c(c4)c4ccccc4n5-c4nc(-c5ccccc5)nc(-c5ccccc5)n4)ccc3N(c3ccccc3)C2C=C1. The van der Waals surface area contributed by atoms with Gasteiger partial charge in [-0.15, -0.1) is 0 Å². The van der Waals surface area contributed by atoms with Crippen molar-refractivity contribution in [1.29, 1.82) is 0 Å². The molecular formula is C45H31N5. The molecule has 0 bridgehead atoms. The van der Waals surface area contributed by atoms with Gasteiger partial charge < -0.3 is 4.90 Å². The van der Waals surface area contributed by atoms with E-state index in [-0.39, 0.29) is 6.04 Å². The smallest absolute Gasteiger partial charge is 0.238 e. The van der Waals surface area contributed by atoms with Crippen LogP contribution >= 0.6 is 0 Å². The lowest BCUT2D eigenvalue weighted by Crippen LogP contribution is -2.28. The second kappa shape index (κ2) is 11.5. The molecule has 6 aromatic carbocycles. The zero-order chi connectivity index (χ0) is 33.0. The van der Waals surface area contributed by atoms with Gasteiger partial charge in [-0.2, -0.15) is 9.97 Å². The number of aromatic nitrogens is 4. The number of para-hydroxylation sites is 2. The standard InChI is InChI=1S/C45H31N5/c1-4-14-30(15-5-1)43-46-44(31-16-6-2-7-17-31)48-45(47-43)50-40-23-13-11-21-36(40)38-29-33(25-27-42(38)50)32-24-26-41-37(28-32)35-20-10-12-22-39(35)49(41)34-18-8-3-9-19-34/h1-29,35,39H. The van der Waals surface area contributed by atoms with Crippen LogP contribution in [0.2, 0.25) is 0 Å². The molecular weight excluding hydrogens is 611 g/mol. The zero-order valence-electron chi connectivity index (χ0n) is 27.1. The summed E-state index contributed by atoms with van der Waals surface area (Å²) < 4.78 is 2.18. The second-order valence-electron chi connectivity index (χ2n) is 12.9. The van der Waals surface area contributed by atoms with Gasteiger partial charge in [0.15, 0.2) is 11.6 Å². The quantitative estimate of drug-likeness (QED) is 0.188. The molecule has 0 saturated heterocycles. The van der Waals surface area contributed by atoms with Gasteiger partial charge in [0.1, 0.15) is 0 Å². The molecule has 2 aromatic heterocycles.